The van der Waals surface area contributed by atoms with Crippen molar-refractivity contribution in [2.45, 2.75) is 401 Å². The van der Waals surface area contributed by atoms with Crippen molar-refractivity contribution in [2.75, 3.05) is 39.6 Å². The molecule has 3 N–H and O–H groups in total. The van der Waals surface area contributed by atoms with Crippen LogP contribution in [0.1, 0.15) is 383 Å². The summed E-state index contributed by atoms with van der Waals surface area (Å²) in [6, 6.07) is 0. The molecule has 0 radical (unpaired) electrons. The third kappa shape index (κ3) is 70.3. The molecule has 0 saturated carbocycles. The SMILES string of the molecule is CC(C)CCCCCCCCCCCCCCCCCCCCC(=O)OC[C@H](COP(=O)(O)OCC(O)COP(=O)(O)OC[C@@H](COC(=O)CCCCCCCCCC(C)C)OC(=O)CCCCCCCCCCCC(C)C)OC(=O)CCCCCCCCCCCC(C)C. The molecular weight excluding hydrogens is 1250 g/mol. The van der Waals surface area contributed by atoms with Crippen molar-refractivity contribution in [3.63, 3.8) is 0 Å². The number of ether oxygens (including phenoxy) is 4. The predicted molar refractivity (Wildman–Crippen MR) is 386 cm³/mol. The van der Waals surface area contributed by atoms with E-state index in [1.165, 1.54) is 180 Å². The van der Waals surface area contributed by atoms with E-state index < -0.39 is 97.5 Å². The number of aliphatic hydroxyl groups is 1. The molecule has 0 aliphatic rings. The third-order valence-corrected chi connectivity index (χ3v) is 19.5. The Labute approximate surface area is 581 Å². The molecule has 3 unspecified atom stereocenters. The maximum absolute atomic E-state index is 13.1. The third-order valence-electron chi connectivity index (χ3n) is 17.6. The fourth-order valence-electron chi connectivity index (χ4n) is 11.6. The lowest BCUT2D eigenvalue weighted by atomic mass is 10.0. The van der Waals surface area contributed by atoms with Gasteiger partial charge in [-0.3, -0.25) is 37.3 Å². The molecule has 0 aliphatic carbocycles. The molecule has 0 fully saturated rings. The first-order chi connectivity index (χ1) is 45.6. The molecule has 0 aromatic heterocycles. The van der Waals surface area contributed by atoms with E-state index >= 15 is 0 Å². The summed E-state index contributed by atoms with van der Waals surface area (Å²) in [6.45, 7) is 14.1. The first-order valence-electron chi connectivity index (χ1n) is 39.2. The molecule has 0 aromatic carbocycles. The van der Waals surface area contributed by atoms with Gasteiger partial charge in [0.25, 0.3) is 0 Å². The molecular formula is C76H148O17P2. The Kier molecular flexibility index (Phi) is 64.0. The highest BCUT2D eigenvalue weighted by Crippen LogP contribution is 2.45. The highest BCUT2D eigenvalue weighted by atomic mass is 31.2. The number of aliphatic hydroxyl groups excluding tert-OH is 1. The van der Waals surface area contributed by atoms with Crippen molar-refractivity contribution in [3.8, 4) is 0 Å². The standard InChI is InChI=1S/C76H148O17P2/c1-66(2)52-44-36-28-21-17-15-13-11-9-10-12-14-16-18-24-32-40-48-56-73(78)86-62-71(92-75(80)58-50-42-33-25-19-22-29-37-45-53-67(3)4)64-90-94(82,83)88-60-70(77)61-89-95(84,85)91-65-72(63-87-74(79)57-49-41-35-27-31-39-47-55-69(7)8)93-76(81)59-51-43-34-26-20-23-30-38-46-54-68(5)6/h66-72,77H,9-65H2,1-8H3,(H,82,83)(H,84,85)/t70?,71-,72-/m1/s1. The Morgan fingerprint density at radius 3 is 0.653 bits per heavy atom. The van der Waals surface area contributed by atoms with E-state index in [-0.39, 0.29) is 25.7 Å². The first kappa shape index (κ1) is 93.1. The maximum atomic E-state index is 13.1. The van der Waals surface area contributed by atoms with Gasteiger partial charge >= 0.3 is 39.5 Å². The summed E-state index contributed by atoms with van der Waals surface area (Å²) in [7, 11) is -9.91. The Balaban J connectivity index is 5.17. The van der Waals surface area contributed by atoms with Gasteiger partial charge in [-0.05, 0) is 49.4 Å². The van der Waals surface area contributed by atoms with Gasteiger partial charge < -0.3 is 33.8 Å². The van der Waals surface area contributed by atoms with Crippen LogP contribution in [0.2, 0.25) is 0 Å². The second-order valence-corrected chi connectivity index (χ2v) is 32.2. The van der Waals surface area contributed by atoms with Crippen LogP contribution in [0.25, 0.3) is 0 Å². The zero-order valence-corrected chi connectivity index (χ0v) is 64.1. The quantitative estimate of drug-likeness (QED) is 0.0222. The van der Waals surface area contributed by atoms with Crippen molar-refractivity contribution in [1.82, 2.24) is 0 Å². The number of hydrogen-bond donors (Lipinski definition) is 3. The second kappa shape index (κ2) is 65.4. The van der Waals surface area contributed by atoms with Gasteiger partial charge in [-0.2, -0.15) is 0 Å². The van der Waals surface area contributed by atoms with Gasteiger partial charge in [0.15, 0.2) is 12.2 Å². The van der Waals surface area contributed by atoms with E-state index in [0.29, 0.717) is 31.6 Å². The summed E-state index contributed by atoms with van der Waals surface area (Å²) in [5.41, 5.74) is 0. The van der Waals surface area contributed by atoms with Crippen molar-refractivity contribution in [2.24, 2.45) is 23.7 Å². The summed E-state index contributed by atoms with van der Waals surface area (Å²) < 4.78 is 68.4. The van der Waals surface area contributed by atoms with E-state index in [1.54, 1.807) is 0 Å². The van der Waals surface area contributed by atoms with Crippen LogP contribution in [0.5, 0.6) is 0 Å². The molecule has 17 nitrogen and oxygen atoms in total. The zero-order valence-electron chi connectivity index (χ0n) is 62.3. The molecule has 95 heavy (non-hydrogen) atoms. The largest absolute Gasteiger partial charge is 0.472 e. The Morgan fingerprint density at radius 2 is 0.442 bits per heavy atom. The molecule has 0 aliphatic heterocycles. The second-order valence-electron chi connectivity index (χ2n) is 29.3. The fourth-order valence-corrected chi connectivity index (χ4v) is 13.1. The highest BCUT2D eigenvalue weighted by Gasteiger charge is 2.30. The van der Waals surface area contributed by atoms with Gasteiger partial charge in [-0.25, -0.2) is 9.13 Å². The summed E-state index contributed by atoms with van der Waals surface area (Å²) in [4.78, 5) is 72.7. The smallest absolute Gasteiger partial charge is 0.462 e. The van der Waals surface area contributed by atoms with Crippen molar-refractivity contribution >= 4 is 39.5 Å². The predicted octanol–water partition coefficient (Wildman–Crippen LogP) is 22.0. The van der Waals surface area contributed by atoms with Crippen LogP contribution >= 0.6 is 15.6 Å². The van der Waals surface area contributed by atoms with Gasteiger partial charge in [0, 0.05) is 25.7 Å². The molecule has 19 heteroatoms. The Bertz CT molecular complexity index is 1870. The molecule has 564 valence electrons. The molecule has 0 heterocycles. The number of esters is 4. The summed E-state index contributed by atoms with van der Waals surface area (Å²) in [5.74, 6) is 0.877. The number of phosphoric ester groups is 2. The minimum atomic E-state index is -4.96. The molecule has 0 rings (SSSR count). The molecule has 0 aromatic rings. The van der Waals surface area contributed by atoms with Gasteiger partial charge in [0.05, 0.1) is 26.4 Å². The fraction of sp³-hybridized carbons (Fsp3) is 0.947. The van der Waals surface area contributed by atoms with Crippen LogP contribution in [0.3, 0.4) is 0 Å². The highest BCUT2D eigenvalue weighted by molar-refractivity contribution is 7.47. The monoisotopic (exact) mass is 1400 g/mol. The first-order valence-corrected chi connectivity index (χ1v) is 42.2. The zero-order chi connectivity index (χ0) is 70.3. The maximum Gasteiger partial charge on any atom is 0.472 e. The van der Waals surface area contributed by atoms with Crippen LogP contribution in [-0.4, -0.2) is 96.7 Å². The van der Waals surface area contributed by atoms with Crippen LogP contribution in [0.15, 0.2) is 0 Å². The minimum absolute atomic E-state index is 0.104. The minimum Gasteiger partial charge on any atom is -0.462 e. The summed E-state index contributed by atoms with van der Waals surface area (Å²) in [5, 5.41) is 10.6. The topological polar surface area (TPSA) is 237 Å². The van der Waals surface area contributed by atoms with Gasteiger partial charge in [-0.1, -0.05) is 331 Å². The van der Waals surface area contributed by atoms with Crippen LogP contribution in [0, 0.1) is 23.7 Å². The number of unbranched alkanes of at least 4 members (excludes halogenated alkanes) is 39. The van der Waals surface area contributed by atoms with E-state index in [4.69, 9.17) is 37.0 Å². The molecule has 0 saturated heterocycles. The van der Waals surface area contributed by atoms with Crippen molar-refractivity contribution in [1.29, 1.82) is 0 Å². The number of carbonyl (C=O) groups excluding carboxylic acids is 4. The van der Waals surface area contributed by atoms with Gasteiger partial charge in [0.2, 0.25) is 0 Å². The average Bonchev–Trinajstić information content (AvgIpc) is 1.87. The molecule has 0 spiro atoms. The van der Waals surface area contributed by atoms with Crippen LogP contribution in [0.4, 0.5) is 0 Å². The van der Waals surface area contributed by atoms with Gasteiger partial charge in [-0.15, -0.1) is 0 Å². The number of hydrogen-bond acceptors (Lipinski definition) is 15. The summed E-state index contributed by atoms with van der Waals surface area (Å²) >= 11 is 0. The normalized spacial score (nSPS) is 14.1. The molecule has 0 bridgehead atoms. The molecule has 0 amide bonds. The van der Waals surface area contributed by atoms with Crippen LogP contribution in [-0.2, 0) is 65.4 Å². The molecule has 5 atom stereocenters. The lowest BCUT2D eigenvalue weighted by molar-refractivity contribution is -0.161. The van der Waals surface area contributed by atoms with E-state index in [2.05, 4.69) is 55.4 Å². The van der Waals surface area contributed by atoms with E-state index in [1.807, 2.05) is 0 Å². The van der Waals surface area contributed by atoms with E-state index in [0.717, 1.165) is 114 Å². The number of carbonyl (C=O) groups is 4. The van der Waals surface area contributed by atoms with Gasteiger partial charge in [0.1, 0.15) is 19.3 Å². The summed E-state index contributed by atoms with van der Waals surface area (Å²) in [6.07, 6.45) is 50.2. The van der Waals surface area contributed by atoms with Crippen LogP contribution < -0.4 is 0 Å². The lowest BCUT2D eigenvalue weighted by Crippen LogP contribution is -2.30. The van der Waals surface area contributed by atoms with E-state index in [9.17, 15) is 43.2 Å². The number of rotatable bonds is 73. The Morgan fingerprint density at radius 1 is 0.263 bits per heavy atom. The average molecular weight is 1400 g/mol. The lowest BCUT2D eigenvalue weighted by Gasteiger charge is -2.21. The number of phosphoric acid groups is 2. The van der Waals surface area contributed by atoms with Crippen molar-refractivity contribution in [3.05, 3.63) is 0 Å². The Hall–Kier alpha value is -1.94. The van der Waals surface area contributed by atoms with Crippen molar-refractivity contribution < 1.29 is 80.2 Å².